The number of rotatable bonds is 5. The molecule has 0 saturated heterocycles. The van der Waals surface area contributed by atoms with Gasteiger partial charge in [0.2, 0.25) is 0 Å². The summed E-state index contributed by atoms with van der Waals surface area (Å²) in [6.07, 6.45) is 0. The second kappa shape index (κ2) is 6.75. The summed E-state index contributed by atoms with van der Waals surface area (Å²) in [4.78, 5) is 27.1. The van der Waals surface area contributed by atoms with Crippen LogP contribution in [0, 0.1) is 13.8 Å². The molecule has 5 heteroatoms. The van der Waals surface area contributed by atoms with Gasteiger partial charge in [0.1, 0.15) is 6.04 Å². The van der Waals surface area contributed by atoms with Gasteiger partial charge in [0.05, 0.1) is 4.88 Å². The summed E-state index contributed by atoms with van der Waals surface area (Å²) in [6, 6.07) is 10.4. The van der Waals surface area contributed by atoms with Crippen LogP contribution in [0.4, 0.5) is 0 Å². The van der Waals surface area contributed by atoms with Crippen molar-refractivity contribution in [2.75, 3.05) is 0 Å². The van der Waals surface area contributed by atoms with E-state index >= 15 is 0 Å². The van der Waals surface area contributed by atoms with Crippen LogP contribution in [0.15, 0.2) is 36.4 Å². The van der Waals surface area contributed by atoms with Gasteiger partial charge in [0.25, 0.3) is 5.91 Å². The number of hydrogen-bond acceptors (Lipinski definition) is 3. The molecule has 1 N–H and O–H groups in total. The number of aliphatic carboxylic acids is 1. The molecule has 2 rings (SSSR count). The zero-order valence-electron chi connectivity index (χ0n) is 12.9. The highest BCUT2D eigenvalue weighted by Crippen LogP contribution is 2.24. The minimum atomic E-state index is -1.01. The smallest absolute Gasteiger partial charge is 0.326 e. The molecule has 22 heavy (non-hydrogen) atoms. The van der Waals surface area contributed by atoms with E-state index in [9.17, 15) is 14.7 Å². The molecule has 0 aliphatic heterocycles. The van der Waals surface area contributed by atoms with Gasteiger partial charge >= 0.3 is 5.97 Å². The Kier molecular flexibility index (Phi) is 4.98. The van der Waals surface area contributed by atoms with Crippen LogP contribution >= 0.6 is 11.3 Å². The number of aryl methyl sites for hydroxylation is 2. The lowest BCUT2D eigenvalue weighted by atomic mass is 10.1. The maximum absolute atomic E-state index is 12.7. The SMILES string of the molecule is Cc1cc(C(=O)N(Cc2ccccc2)C(C)C(=O)O)sc1C. The van der Waals surface area contributed by atoms with Gasteiger partial charge in [0.15, 0.2) is 0 Å². The molecule has 0 aliphatic carbocycles. The first kappa shape index (κ1) is 16.2. The van der Waals surface area contributed by atoms with E-state index in [0.29, 0.717) is 4.88 Å². The van der Waals surface area contributed by atoms with E-state index in [2.05, 4.69) is 0 Å². The highest BCUT2D eigenvalue weighted by atomic mass is 32.1. The van der Waals surface area contributed by atoms with Crippen molar-refractivity contribution in [3.05, 3.63) is 57.3 Å². The summed E-state index contributed by atoms with van der Waals surface area (Å²) in [6.45, 7) is 5.73. The molecule has 1 amide bonds. The predicted octanol–water partition coefficient (Wildman–Crippen LogP) is 3.48. The predicted molar refractivity (Wildman–Crippen MR) is 87.2 cm³/mol. The first-order valence-corrected chi connectivity index (χ1v) is 7.86. The number of carboxylic acid groups (broad SMARTS) is 1. The molecule has 0 spiro atoms. The van der Waals surface area contributed by atoms with Gasteiger partial charge in [-0.3, -0.25) is 4.79 Å². The van der Waals surface area contributed by atoms with Crippen LogP contribution in [-0.2, 0) is 11.3 Å². The molecule has 0 bridgehead atoms. The minimum Gasteiger partial charge on any atom is -0.480 e. The topological polar surface area (TPSA) is 57.6 Å². The number of carboxylic acids is 1. The summed E-state index contributed by atoms with van der Waals surface area (Å²) in [5, 5.41) is 9.30. The first-order chi connectivity index (χ1) is 10.4. The fraction of sp³-hybridized carbons (Fsp3) is 0.294. The summed E-state index contributed by atoms with van der Waals surface area (Å²) in [7, 11) is 0. The Bertz CT molecular complexity index is 659. The van der Waals surface area contributed by atoms with E-state index in [-0.39, 0.29) is 12.5 Å². The zero-order chi connectivity index (χ0) is 16.3. The van der Waals surface area contributed by atoms with E-state index < -0.39 is 12.0 Å². The van der Waals surface area contributed by atoms with Crippen molar-refractivity contribution in [2.45, 2.75) is 33.4 Å². The van der Waals surface area contributed by atoms with Crippen molar-refractivity contribution in [3.8, 4) is 0 Å². The number of carbonyl (C=O) groups excluding carboxylic acids is 1. The van der Waals surface area contributed by atoms with Crippen LogP contribution in [0.5, 0.6) is 0 Å². The fourth-order valence-electron chi connectivity index (χ4n) is 2.12. The van der Waals surface area contributed by atoms with Crippen LogP contribution in [0.25, 0.3) is 0 Å². The van der Waals surface area contributed by atoms with Crippen molar-refractivity contribution < 1.29 is 14.7 Å². The molecule has 0 fully saturated rings. The van der Waals surface area contributed by atoms with E-state index in [1.165, 1.54) is 23.2 Å². The van der Waals surface area contributed by atoms with Gasteiger partial charge in [-0.15, -0.1) is 11.3 Å². The van der Waals surface area contributed by atoms with Gasteiger partial charge in [-0.1, -0.05) is 30.3 Å². The number of hydrogen-bond donors (Lipinski definition) is 1. The Morgan fingerprint density at radius 1 is 1.23 bits per heavy atom. The van der Waals surface area contributed by atoms with Crippen LogP contribution in [0.1, 0.15) is 32.6 Å². The summed E-state index contributed by atoms with van der Waals surface area (Å²) < 4.78 is 0. The molecule has 4 nitrogen and oxygen atoms in total. The van der Waals surface area contributed by atoms with Gasteiger partial charge in [0, 0.05) is 11.4 Å². The number of thiophene rings is 1. The summed E-state index contributed by atoms with van der Waals surface area (Å²) >= 11 is 1.41. The second-order valence-corrected chi connectivity index (χ2v) is 6.54. The minimum absolute atomic E-state index is 0.236. The Balaban J connectivity index is 2.31. The normalized spacial score (nSPS) is 12.0. The molecule has 1 aromatic carbocycles. The molecule has 116 valence electrons. The molecule has 0 radical (unpaired) electrons. The zero-order valence-corrected chi connectivity index (χ0v) is 13.7. The molecule has 2 aromatic rings. The van der Waals surface area contributed by atoms with Crippen molar-refractivity contribution in [1.29, 1.82) is 0 Å². The monoisotopic (exact) mass is 317 g/mol. The Morgan fingerprint density at radius 3 is 2.36 bits per heavy atom. The van der Waals surface area contributed by atoms with Crippen LogP contribution in [0.2, 0.25) is 0 Å². The molecular formula is C17H19NO3S. The number of nitrogens with zero attached hydrogens (tertiary/aromatic N) is 1. The summed E-state index contributed by atoms with van der Waals surface area (Å²) in [5.74, 6) is -1.24. The van der Waals surface area contributed by atoms with E-state index in [1.807, 2.05) is 50.2 Å². The molecule has 0 saturated carbocycles. The Hall–Kier alpha value is -2.14. The third kappa shape index (κ3) is 3.54. The molecule has 1 atom stereocenters. The lowest BCUT2D eigenvalue weighted by molar-refractivity contribution is -0.141. The second-order valence-electron chi connectivity index (χ2n) is 5.28. The van der Waals surface area contributed by atoms with Crippen molar-refractivity contribution in [2.24, 2.45) is 0 Å². The average molecular weight is 317 g/mol. The van der Waals surface area contributed by atoms with Gasteiger partial charge in [-0.05, 0) is 38.0 Å². The molecule has 1 aromatic heterocycles. The maximum Gasteiger partial charge on any atom is 0.326 e. The lowest BCUT2D eigenvalue weighted by Gasteiger charge is -2.26. The molecule has 0 aliphatic rings. The Labute approximate surface area is 134 Å². The lowest BCUT2D eigenvalue weighted by Crippen LogP contribution is -2.42. The maximum atomic E-state index is 12.7. The molecule has 1 unspecified atom stereocenters. The van der Waals surface area contributed by atoms with Crippen LogP contribution in [0.3, 0.4) is 0 Å². The average Bonchev–Trinajstić information content (AvgIpc) is 2.84. The highest BCUT2D eigenvalue weighted by molar-refractivity contribution is 7.14. The number of benzene rings is 1. The fourth-order valence-corrected chi connectivity index (χ4v) is 3.11. The molecule has 1 heterocycles. The Morgan fingerprint density at radius 2 is 1.86 bits per heavy atom. The van der Waals surface area contributed by atoms with Gasteiger partial charge < -0.3 is 10.0 Å². The highest BCUT2D eigenvalue weighted by Gasteiger charge is 2.27. The van der Waals surface area contributed by atoms with Crippen molar-refractivity contribution >= 4 is 23.2 Å². The third-order valence-corrected chi connectivity index (χ3v) is 4.80. The van der Waals surface area contributed by atoms with Gasteiger partial charge in [-0.2, -0.15) is 0 Å². The first-order valence-electron chi connectivity index (χ1n) is 7.05. The van der Waals surface area contributed by atoms with Crippen molar-refractivity contribution in [1.82, 2.24) is 4.90 Å². The molecular weight excluding hydrogens is 298 g/mol. The summed E-state index contributed by atoms with van der Waals surface area (Å²) in [5.41, 5.74) is 1.96. The van der Waals surface area contributed by atoms with E-state index in [4.69, 9.17) is 0 Å². The third-order valence-electron chi connectivity index (χ3n) is 3.66. The number of carbonyl (C=O) groups is 2. The standard InChI is InChI=1S/C17H19NO3S/c1-11-9-15(22-13(11)3)16(19)18(12(2)17(20)21)10-14-7-5-4-6-8-14/h4-9,12H,10H2,1-3H3,(H,20,21). The van der Waals surface area contributed by atoms with Crippen molar-refractivity contribution in [3.63, 3.8) is 0 Å². The van der Waals surface area contributed by atoms with Crippen LogP contribution in [-0.4, -0.2) is 27.9 Å². The largest absolute Gasteiger partial charge is 0.480 e. The quantitative estimate of drug-likeness (QED) is 0.918. The van der Waals surface area contributed by atoms with Gasteiger partial charge in [-0.25, -0.2) is 4.79 Å². The number of amides is 1. The van der Waals surface area contributed by atoms with E-state index in [0.717, 1.165) is 16.0 Å². The van der Waals surface area contributed by atoms with E-state index in [1.54, 1.807) is 0 Å². The van der Waals surface area contributed by atoms with Crippen LogP contribution < -0.4 is 0 Å².